The summed E-state index contributed by atoms with van der Waals surface area (Å²) in [7, 11) is 1.45. The third-order valence-corrected chi connectivity index (χ3v) is 6.64. The molecular formula is C23H27ClN2O4. The summed E-state index contributed by atoms with van der Waals surface area (Å²) in [5, 5.41) is 13.6. The Balaban J connectivity index is 1.85. The summed E-state index contributed by atoms with van der Waals surface area (Å²) in [6, 6.07) is 3.30. The molecule has 2 N–H and O–H groups in total. The predicted octanol–water partition coefficient (Wildman–Crippen LogP) is 3.89. The summed E-state index contributed by atoms with van der Waals surface area (Å²) in [5.41, 5.74) is 2.75. The number of methoxy groups -OCH3 is 1. The van der Waals surface area contributed by atoms with Crippen molar-refractivity contribution < 1.29 is 19.4 Å². The number of hydrogen-bond acceptors (Lipinski definition) is 5. The van der Waals surface area contributed by atoms with E-state index in [2.05, 4.69) is 11.9 Å². The number of likely N-dealkylation sites (tertiary alicyclic amines) is 1. The molecule has 1 amide bonds. The summed E-state index contributed by atoms with van der Waals surface area (Å²) in [6.45, 7) is 5.60. The molecule has 1 aromatic rings. The van der Waals surface area contributed by atoms with Gasteiger partial charge in [-0.15, -0.1) is 0 Å². The molecule has 1 fully saturated rings. The van der Waals surface area contributed by atoms with Crippen LogP contribution in [0.4, 0.5) is 0 Å². The number of phenolic OH excluding ortho intramolecular Hbond substituents is 1. The van der Waals surface area contributed by atoms with Gasteiger partial charge in [-0.25, -0.2) is 0 Å². The lowest BCUT2D eigenvalue weighted by Gasteiger charge is -2.41. The van der Waals surface area contributed by atoms with Gasteiger partial charge in [0.2, 0.25) is 5.91 Å². The van der Waals surface area contributed by atoms with Crippen LogP contribution in [-0.2, 0) is 9.59 Å². The van der Waals surface area contributed by atoms with Crippen LogP contribution in [0.1, 0.15) is 50.0 Å². The second-order valence-electron chi connectivity index (χ2n) is 8.21. The number of nitrogens with zero attached hydrogens (tertiary/aromatic N) is 1. The molecule has 30 heavy (non-hydrogen) atoms. The zero-order valence-corrected chi connectivity index (χ0v) is 17.9. The highest BCUT2D eigenvalue weighted by atomic mass is 35.5. The fourth-order valence-corrected chi connectivity index (χ4v) is 5.10. The summed E-state index contributed by atoms with van der Waals surface area (Å²) < 4.78 is 5.29. The number of nitrogens with one attached hydrogen (secondary N) is 1. The lowest BCUT2D eigenvalue weighted by Crippen LogP contribution is -2.47. The number of ether oxygens (including phenoxy) is 1. The van der Waals surface area contributed by atoms with E-state index in [9.17, 15) is 14.7 Å². The van der Waals surface area contributed by atoms with Gasteiger partial charge in [-0.1, -0.05) is 18.2 Å². The maximum absolute atomic E-state index is 13.6. The van der Waals surface area contributed by atoms with E-state index in [1.165, 1.54) is 7.11 Å². The van der Waals surface area contributed by atoms with Crippen LogP contribution >= 0.6 is 11.6 Å². The van der Waals surface area contributed by atoms with Gasteiger partial charge in [0.1, 0.15) is 0 Å². The molecule has 160 valence electrons. The Labute approximate surface area is 181 Å². The molecule has 0 radical (unpaired) electrons. The Bertz CT molecular complexity index is 933. The van der Waals surface area contributed by atoms with Crippen molar-refractivity contribution in [2.24, 2.45) is 5.92 Å². The van der Waals surface area contributed by atoms with Crippen molar-refractivity contribution in [1.29, 1.82) is 0 Å². The normalized spacial score (nSPS) is 24.4. The number of hydrogen-bond donors (Lipinski definition) is 2. The molecule has 2 unspecified atom stereocenters. The van der Waals surface area contributed by atoms with Gasteiger partial charge >= 0.3 is 0 Å². The molecule has 2 atom stereocenters. The molecule has 2 aliphatic heterocycles. The minimum Gasteiger partial charge on any atom is -0.503 e. The number of Topliss-reactive ketones (excluding diaryl/α,β-unsaturated/α-hetero) is 1. The molecule has 0 bridgehead atoms. The topological polar surface area (TPSA) is 78.9 Å². The number of carbonyl (C=O) groups excluding carboxylic acids is 2. The standard InChI is InChI=1S/C23H27ClN2O4/c1-13-19(23(29)26-9-4-3-5-10-26)20(21-16(25-13)7-6-8-17(21)27)14-11-15(24)22(28)18(12-14)30-2/h11-12,19-20,25,28H,1,3-10H2,2H3. The van der Waals surface area contributed by atoms with Crippen LogP contribution in [-0.4, -0.2) is 41.9 Å². The van der Waals surface area contributed by atoms with E-state index >= 15 is 0 Å². The Kier molecular flexibility index (Phi) is 5.78. The molecule has 0 aromatic heterocycles. The second kappa shape index (κ2) is 8.34. The zero-order chi connectivity index (χ0) is 21.4. The van der Waals surface area contributed by atoms with Crippen molar-refractivity contribution in [3.63, 3.8) is 0 Å². The first-order valence-electron chi connectivity index (χ1n) is 10.5. The maximum atomic E-state index is 13.6. The molecule has 0 spiro atoms. The number of carbonyl (C=O) groups is 2. The number of phenols is 1. The summed E-state index contributed by atoms with van der Waals surface area (Å²) in [6.07, 6.45) is 5.05. The number of benzene rings is 1. The molecule has 1 aliphatic carbocycles. The van der Waals surface area contributed by atoms with E-state index in [0.29, 0.717) is 23.3 Å². The monoisotopic (exact) mass is 430 g/mol. The van der Waals surface area contributed by atoms with Crippen molar-refractivity contribution in [1.82, 2.24) is 10.2 Å². The largest absolute Gasteiger partial charge is 0.503 e. The van der Waals surface area contributed by atoms with Crippen LogP contribution in [0.25, 0.3) is 0 Å². The average Bonchev–Trinajstić information content (AvgIpc) is 2.75. The number of amides is 1. The number of allylic oxidation sites excluding steroid dienone is 2. The van der Waals surface area contributed by atoms with Crippen LogP contribution in [0.5, 0.6) is 11.5 Å². The first-order valence-corrected chi connectivity index (χ1v) is 10.9. The van der Waals surface area contributed by atoms with Gasteiger partial charge in [-0.2, -0.15) is 0 Å². The summed E-state index contributed by atoms with van der Waals surface area (Å²) in [5.74, 6) is -1.04. The Morgan fingerprint density at radius 3 is 2.67 bits per heavy atom. The van der Waals surface area contributed by atoms with Crippen molar-refractivity contribution >= 4 is 23.3 Å². The number of piperidine rings is 1. The minimum absolute atomic E-state index is 0.0229. The van der Waals surface area contributed by atoms with E-state index in [4.69, 9.17) is 16.3 Å². The van der Waals surface area contributed by atoms with E-state index in [-0.39, 0.29) is 28.2 Å². The predicted molar refractivity (Wildman–Crippen MR) is 114 cm³/mol. The van der Waals surface area contributed by atoms with Crippen molar-refractivity contribution in [3.05, 3.63) is 46.3 Å². The summed E-state index contributed by atoms with van der Waals surface area (Å²) in [4.78, 5) is 28.5. The number of rotatable bonds is 3. The fourth-order valence-electron chi connectivity index (χ4n) is 4.88. The quantitative estimate of drug-likeness (QED) is 0.760. The van der Waals surface area contributed by atoms with Gasteiger partial charge in [0.25, 0.3) is 0 Å². The van der Waals surface area contributed by atoms with Gasteiger partial charge in [-0.3, -0.25) is 9.59 Å². The van der Waals surface area contributed by atoms with Gasteiger partial charge in [-0.05, 0) is 49.8 Å². The molecular weight excluding hydrogens is 404 g/mol. The van der Waals surface area contributed by atoms with Crippen molar-refractivity contribution in [3.8, 4) is 11.5 Å². The van der Waals surface area contributed by atoms with E-state index in [1.807, 2.05) is 4.90 Å². The average molecular weight is 431 g/mol. The SMILES string of the molecule is C=C1NC2=C(C(=O)CCC2)C(c2cc(Cl)c(O)c(OC)c2)C1C(=O)N1CCCCC1. The molecule has 4 rings (SSSR count). The third kappa shape index (κ3) is 3.58. The third-order valence-electron chi connectivity index (χ3n) is 6.35. The first-order chi connectivity index (χ1) is 14.4. The van der Waals surface area contributed by atoms with Crippen LogP contribution < -0.4 is 10.1 Å². The maximum Gasteiger partial charge on any atom is 0.232 e. The van der Waals surface area contributed by atoms with Gasteiger partial charge in [0, 0.05) is 42.4 Å². The Morgan fingerprint density at radius 1 is 1.23 bits per heavy atom. The molecule has 0 saturated carbocycles. The van der Waals surface area contributed by atoms with Crippen molar-refractivity contribution in [2.45, 2.75) is 44.4 Å². The van der Waals surface area contributed by atoms with Crippen LogP contribution in [0.3, 0.4) is 0 Å². The van der Waals surface area contributed by atoms with Gasteiger partial charge < -0.3 is 20.1 Å². The molecule has 3 aliphatic rings. The minimum atomic E-state index is -0.616. The highest BCUT2D eigenvalue weighted by Gasteiger charge is 2.44. The second-order valence-corrected chi connectivity index (χ2v) is 8.62. The Hall–Kier alpha value is -2.47. The first kappa shape index (κ1) is 20.8. The molecule has 1 saturated heterocycles. The molecule has 1 aromatic carbocycles. The fraction of sp³-hybridized carbons (Fsp3) is 0.478. The smallest absolute Gasteiger partial charge is 0.232 e. The van der Waals surface area contributed by atoms with E-state index in [0.717, 1.165) is 50.9 Å². The van der Waals surface area contributed by atoms with Gasteiger partial charge in [0.05, 0.1) is 18.1 Å². The van der Waals surface area contributed by atoms with Crippen LogP contribution in [0.2, 0.25) is 5.02 Å². The molecule has 2 heterocycles. The highest BCUT2D eigenvalue weighted by molar-refractivity contribution is 6.32. The lowest BCUT2D eigenvalue weighted by atomic mass is 9.71. The van der Waals surface area contributed by atoms with Crippen LogP contribution in [0.15, 0.2) is 35.7 Å². The number of halogens is 1. The van der Waals surface area contributed by atoms with Crippen LogP contribution in [0, 0.1) is 5.92 Å². The highest BCUT2D eigenvalue weighted by Crippen LogP contribution is 2.47. The van der Waals surface area contributed by atoms with E-state index < -0.39 is 11.8 Å². The number of aromatic hydroxyl groups is 1. The summed E-state index contributed by atoms with van der Waals surface area (Å²) >= 11 is 6.28. The van der Waals surface area contributed by atoms with Crippen molar-refractivity contribution in [2.75, 3.05) is 20.2 Å². The van der Waals surface area contributed by atoms with E-state index in [1.54, 1.807) is 12.1 Å². The Morgan fingerprint density at radius 2 is 1.97 bits per heavy atom. The van der Waals surface area contributed by atoms with Gasteiger partial charge in [0.15, 0.2) is 17.3 Å². The molecule has 6 nitrogen and oxygen atoms in total. The zero-order valence-electron chi connectivity index (χ0n) is 17.2. The number of ketones is 1. The lowest BCUT2D eigenvalue weighted by molar-refractivity contribution is -0.136. The molecule has 7 heteroatoms.